The molecule has 104 valence electrons. The van der Waals surface area contributed by atoms with Crippen LogP contribution in [0.2, 0.25) is 0 Å². The van der Waals surface area contributed by atoms with Gasteiger partial charge in [-0.25, -0.2) is 0 Å². The van der Waals surface area contributed by atoms with Gasteiger partial charge in [0.25, 0.3) is 0 Å². The van der Waals surface area contributed by atoms with E-state index in [0.717, 1.165) is 24.1 Å². The Hall–Kier alpha value is -1.02. The van der Waals surface area contributed by atoms with Gasteiger partial charge in [0.2, 0.25) is 5.91 Å². The summed E-state index contributed by atoms with van der Waals surface area (Å²) in [7, 11) is 0. The predicted molar refractivity (Wildman–Crippen MR) is 80.6 cm³/mol. The summed E-state index contributed by atoms with van der Waals surface area (Å²) in [5, 5.41) is 2.99. The molecule has 2 nitrogen and oxygen atoms in total. The molecule has 0 spiro atoms. The number of rotatable bonds is 3. The van der Waals surface area contributed by atoms with E-state index in [2.05, 4.69) is 32.2 Å². The van der Waals surface area contributed by atoms with Gasteiger partial charge in [-0.15, -0.1) is 11.6 Å². The fraction of sp³-hybridized carbons (Fsp3) is 0.562. The summed E-state index contributed by atoms with van der Waals surface area (Å²) in [6.45, 7) is 6.59. The van der Waals surface area contributed by atoms with E-state index >= 15 is 0 Å². The van der Waals surface area contributed by atoms with E-state index in [4.69, 9.17) is 11.6 Å². The Labute approximate surface area is 120 Å². The molecule has 0 saturated heterocycles. The Bertz CT molecular complexity index is 470. The van der Waals surface area contributed by atoms with E-state index in [-0.39, 0.29) is 11.3 Å². The van der Waals surface area contributed by atoms with Gasteiger partial charge in [0, 0.05) is 12.1 Å². The molecule has 1 heterocycles. The molecule has 1 amide bonds. The van der Waals surface area contributed by atoms with E-state index in [1.165, 1.54) is 5.56 Å². The van der Waals surface area contributed by atoms with Crippen LogP contribution in [-0.4, -0.2) is 5.91 Å². The van der Waals surface area contributed by atoms with Gasteiger partial charge in [-0.2, -0.15) is 0 Å². The second kappa shape index (κ2) is 5.96. The SMILES string of the molecule is CC(C)C(C)C(Cl)c1ccc2c(c1)CCCC(=O)N2. The van der Waals surface area contributed by atoms with Gasteiger partial charge >= 0.3 is 0 Å². The summed E-state index contributed by atoms with van der Waals surface area (Å²) in [5.74, 6) is 1.10. The smallest absolute Gasteiger partial charge is 0.224 e. The average Bonchev–Trinajstić information content (AvgIpc) is 2.56. The van der Waals surface area contributed by atoms with E-state index in [1.807, 2.05) is 12.1 Å². The fourth-order valence-corrected chi connectivity index (χ4v) is 2.83. The first-order valence-corrected chi connectivity index (χ1v) is 7.49. The average molecular weight is 280 g/mol. The van der Waals surface area contributed by atoms with Gasteiger partial charge in [-0.3, -0.25) is 4.79 Å². The third-order valence-corrected chi connectivity index (χ3v) is 4.73. The molecule has 1 aromatic carbocycles. The number of benzene rings is 1. The van der Waals surface area contributed by atoms with Crippen LogP contribution in [0.4, 0.5) is 5.69 Å². The highest BCUT2D eigenvalue weighted by Crippen LogP contribution is 2.35. The highest BCUT2D eigenvalue weighted by Gasteiger charge is 2.21. The van der Waals surface area contributed by atoms with Gasteiger partial charge in [0.05, 0.1) is 5.38 Å². The first-order valence-electron chi connectivity index (χ1n) is 7.05. The molecule has 3 heteroatoms. The van der Waals surface area contributed by atoms with Crippen molar-refractivity contribution in [2.24, 2.45) is 11.8 Å². The van der Waals surface area contributed by atoms with Gasteiger partial charge in [-0.1, -0.05) is 32.9 Å². The molecular weight excluding hydrogens is 258 g/mol. The third-order valence-electron chi connectivity index (χ3n) is 4.08. The summed E-state index contributed by atoms with van der Waals surface area (Å²) < 4.78 is 0. The molecule has 2 atom stereocenters. The van der Waals surface area contributed by atoms with Crippen LogP contribution in [-0.2, 0) is 11.2 Å². The Morgan fingerprint density at radius 1 is 1.21 bits per heavy atom. The minimum atomic E-state index is 0.0317. The molecule has 0 fully saturated rings. The molecule has 2 rings (SSSR count). The molecule has 1 aliphatic heterocycles. The van der Waals surface area contributed by atoms with Crippen molar-refractivity contribution in [3.8, 4) is 0 Å². The molecule has 2 unspecified atom stereocenters. The quantitative estimate of drug-likeness (QED) is 0.809. The number of anilines is 1. The number of amides is 1. The summed E-state index contributed by atoms with van der Waals surface area (Å²) in [6.07, 6.45) is 2.47. The van der Waals surface area contributed by atoms with E-state index < -0.39 is 0 Å². The maximum absolute atomic E-state index is 11.5. The first-order chi connectivity index (χ1) is 8.99. The molecule has 19 heavy (non-hydrogen) atoms. The van der Waals surface area contributed by atoms with Crippen LogP contribution in [0, 0.1) is 11.8 Å². The maximum Gasteiger partial charge on any atom is 0.224 e. The molecule has 0 aliphatic carbocycles. The van der Waals surface area contributed by atoms with Gasteiger partial charge < -0.3 is 5.32 Å². The van der Waals surface area contributed by atoms with Gasteiger partial charge in [0.1, 0.15) is 0 Å². The largest absolute Gasteiger partial charge is 0.326 e. The lowest BCUT2D eigenvalue weighted by Gasteiger charge is -2.22. The summed E-state index contributed by atoms with van der Waals surface area (Å²) in [6, 6.07) is 6.20. The Morgan fingerprint density at radius 3 is 2.63 bits per heavy atom. The van der Waals surface area contributed by atoms with Crippen molar-refractivity contribution in [2.45, 2.75) is 45.4 Å². The standard InChI is InChI=1S/C16H22ClNO/c1-10(2)11(3)16(17)13-7-8-14-12(9-13)5-4-6-15(19)18-14/h7-11,16H,4-6H2,1-3H3,(H,18,19). The number of nitrogens with one attached hydrogen (secondary N) is 1. The number of fused-ring (bicyclic) bond motifs is 1. The number of alkyl halides is 1. The molecule has 1 aromatic rings. The molecular formula is C16H22ClNO. The lowest BCUT2D eigenvalue weighted by atomic mass is 9.89. The third kappa shape index (κ3) is 3.30. The zero-order valence-electron chi connectivity index (χ0n) is 11.9. The minimum absolute atomic E-state index is 0.0317. The lowest BCUT2D eigenvalue weighted by molar-refractivity contribution is -0.116. The molecule has 0 radical (unpaired) electrons. The highest BCUT2D eigenvalue weighted by atomic mass is 35.5. The number of carbonyl (C=O) groups excluding carboxylic acids is 1. The van der Waals surface area contributed by atoms with Gasteiger partial charge in [-0.05, 0) is 41.9 Å². The van der Waals surface area contributed by atoms with Crippen LogP contribution in [0.25, 0.3) is 0 Å². The number of hydrogen-bond donors (Lipinski definition) is 1. The van der Waals surface area contributed by atoms with Crippen molar-refractivity contribution in [2.75, 3.05) is 5.32 Å². The van der Waals surface area contributed by atoms with E-state index in [1.54, 1.807) is 0 Å². The number of hydrogen-bond acceptors (Lipinski definition) is 1. The van der Waals surface area contributed by atoms with E-state index in [0.29, 0.717) is 18.3 Å². The highest BCUT2D eigenvalue weighted by molar-refractivity contribution is 6.21. The summed E-state index contributed by atoms with van der Waals surface area (Å²) in [5.41, 5.74) is 3.33. The first kappa shape index (κ1) is 14.4. The second-order valence-electron chi connectivity index (χ2n) is 5.82. The molecule has 1 aliphatic rings. The van der Waals surface area contributed by atoms with Gasteiger partial charge in [0.15, 0.2) is 0 Å². The van der Waals surface area contributed by atoms with E-state index in [9.17, 15) is 4.79 Å². The number of aryl methyl sites for hydroxylation is 1. The van der Waals surface area contributed by atoms with Crippen LogP contribution in [0.15, 0.2) is 18.2 Å². The predicted octanol–water partition coefficient (Wildman–Crippen LogP) is 4.53. The van der Waals surface area contributed by atoms with Crippen LogP contribution < -0.4 is 5.32 Å². The lowest BCUT2D eigenvalue weighted by Crippen LogP contribution is -2.12. The zero-order valence-corrected chi connectivity index (χ0v) is 12.6. The van der Waals surface area contributed by atoms with Crippen LogP contribution in [0.5, 0.6) is 0 Å². The molecule has 0 aromatic heterocycles. The van der Waals surface area contributed by atoms with Crippen molar-refractivity contribution < 1.29 is 4.79 Å². The number of carbonyl (C=O) groups is 1. The topological polar surface area (TPSA) is 29.1 Å². The fourth-order valence-electron chi connectivity index (χ4n) is 2.41. The van der Waals surface area contributed by atoms with Crippen molar-refractivity contribution in [3.63, 3.8) is 0 Å². The Morgan fingerprint density at radius 2 is 1.95 bits per heavy atom. The van der Waals surface area contributed by atoms with Crippen molar-refractivity contribution >= 4 is 23.2 Å². The minimum Gasteiger partial charge on any atom is -0.326 e. The Balaban J connectivity index is 2.25. The maximum atomic E-state index is 11.5. The van der Waals surface area contributed by atoms with Crippen molar-refractivity contribution in [1.82, 2.24) is 0 Å². The zero-order chi connectivity index (χ0) is 14.0. The molecule has 0 bridgehead atoms. The van der Waals surface area contributed by atoms with Crippen LogP contribution in [0.1, 0.15) is 50.1 Å². The summed E-state index contributed by atoms with van der Waals surface area (Å²) in [4.78, 5) is 11.5. The molecule has 1 N–H and O–H groups in total. The normalized spacial score (nSPS) is 18.5. The number of halogens is 1. The second-order valence-corrected chi connectivity index (χ2v) is 6.29. The van der Waals surface area contributed by atoms with Crippen molar-refractivity contribution in [3.05, 3.63) is 29.3 Å². The summed E-state index contributed by atoms with van der Waals surface area (Å²) >= 11 is 6.58. The van der Waals surface area contributed by atoms with Crippen LogP contribution >= 0.6 is 11.6 Å². The Kier molecular flexibility index (Phi) is 4.51. The monoisotopic (exact) mass is 279 g/mol. The van der Waals surface area contributed by atoms with Crippen LogP contribution in [0.3, 0.4) is 0 Å². The van der Waals surface area contributed by atoms with Crippen molar-refractivity contribution in [1.29, 1.82) is 0 Å². The molecule has 0 saturated carbocycles.